The number of hydrogen-bond acceptors (Lipinski definition) is 2. The van der Waals surface area contributed by atoms with Crippen LogP contribution in [0.1, 0.15) is 79.6 Å². The van der Waals surface area contributed by atoms with Gasteiger partial charge in [0.15, 0.2) is 0 Å². The lowest BCUT2D eigenvalue weighted by molar-refractivity contribution is 0.0970. The Morgan fingerprint density at radius 1 is 1.27 bits per heavy atom. The molecule has 4 N–H and O–H groups in total. The van der Waals surface area contributed by atoms with Crippen LogP contribution in [0, 0.1) is 11.8 Å². The van der Waals surface area contributed by atoms with Crippen molar-refractivity contribution < 1.29 is 0 Å². The van der Waals surface area contributed by atoms with Gasteiger partial charge in [0.05, 0.1) is 7.85 Å². The molecule has 0 aliphatic heterocycles. The summed E-state index contributed by atoms with van der Waals surface area (Å²) < 4.78 is 0. The van der Waals surface area contributed by atoms with Gasteiger partial charge in [-0.3, -0.25) is 0 Å². The molecule has 3 heteroatoms. The Labute approximate surface area is 138 Å². The predicted molar refractivity (Wildman–Crippen MR) is 97.0 cm³/mol. The Bertz CT molecular complexity index is 454. The highest BCUT2D eigenvalue weighted by Crippen LogP contribution is 2.64. The van der Waals surface area contributed by atoms with E-state index in [-0.39, 0.29) is 22.3 Å². The lowest BCUT2D eigenvalue weighted by Crippen LogP contribution is -2.66. The van der Waals surface area contributed by atoms with Crippen LogP contribution in [0.3, 0.4) is 0 Å². The highest BCUT2D eigenvalue weighted by atomic mass is 14.9. The Morgan fingerprint density at radius 3 is 2.50 bits per heavy atom. The lowest BCUT2D eigenvalue weighted by Gasteiger charge is -2.57. The fraction of sp³-hybridized carbons (Fsp3) is 0.895. The number of rotatable bonds is 4. The van der Waals surface area contributed by atoms with Crippen LogP contribution in [-0.2, 0) is 0 Å². The molecule has 2 aliphatic carbocycles. The van der Waals surface area contributed by atoms with Gasteiger partial charge in [0.2, 0.25) is 0 Å². The molecule has 0 bridgehead atoms. The number of allylic oxidation sites excluding steroid dienone is 1. The van der Waals surface area contributed by atoms with Gasteiger partial charge in [-0.25, -0.2) is 0 Å². The van der Waals surface area contributed by atoms with Gasteiger partial charge >= 0.3 is 0 Å². The first-order valence-corrected chi connectivity index (χ1v) is 9.10. The van der Waals surface area contributed by atoms with Crippen molar-refractivity contribution in [3.63, 3.8) is 0 Å². The zero-order chi connectivity index (χ0) is 16.8. The summed E-state index contributed by atoms with van der Waals surface area (Å²) in [6, 6.07) is 0. The van der Waals surface area contributed by atoms with E-state index < -0.39 is 0 Å². The Balaban J connectivity index is 2.24. The highest BCUT2D eigenvalue weighted by Gasteiger charge is 2.60. The molecule has 2 saturated carbocycles. The van der Waals surface area contributed by atoms with Gasteiger partial charge in [0.1, 0.15) is 0 Å². The van der Waals surface area contributed by atoms with Crippen molar-refractivity contribution in [3.05, 3.63) is 11.1 Å². The van der Waals surface area contributed by atoms with Crippen LogP contribution >= 0.6 is 0 Å². The van der Waals surface area contributed by atoms with E-state index in [1.54, 1.807) is 0 Å². The van der Waals surface area contributed by atoms with Crippen molar-refractivity contribution in [2.75, 3.05) is 0 Å². The summed E-state index contributed by atoms with van der Waals surface area (Å²) in [6.07, 6.45) is 7.63. The minimum absolute atomic E-state index is 0.196. The molecule has 2 rings (SSSR count). The minimum atomic E-state index is -0.344. The Hall–Kier alpha value is -0.275. The highest BCUT2D eigenvalue weighted by molar-refractivity contribution is 6.19. The molecule has 0 saturated heterocycles. The summed E-state index contributed by atoms with van der Waals surface area (Å²) in [5.41, 5.74) is 15.8. The predicted octanol–water partition coefficient (Wildman–Crippen LogP) is 4.10. The third-order valence-corrected chi connectivity index (χ3v) is 6.83. The summed E-state index contributed by atoms with van der Waals surface area (Å²) in [6.45, 7) is 11.2. The van der Waals surface area contributed by atoms with Crippen LogP contribution in [0.15, 0.2) is 11.1 Å². The van der Waals surface area contributed by atoms with E-state index >= 15 is 0 Å². The summed E-state index contributed by atoms with van der Waals surface area (Å²) in [5.74, 6) is 1.02. The van der Waals surface area contributed by atoms with Gasteiger partial charge < -0.3 is 11.5 Å². The monoisotopic (exact) mass is 302 g/mol. The molecule has 2 nitrogen and oxygen atoms in total. The molecule has 1 unspecified atom stereocenters. The maximum Gasteiger partial charge on any atom is 0.0831 e. The van der Waals surface area contributed by atoms with Crippen LogP contribution in [0.4, 0.5) is 0 Å². The standard InChI is InChI=1S/C19H35BN2/c1-13(2)7-6-8-14(3)16-9-10-19(22)15(4)17(5,21)11-12-18(16,19)20/h13,15H,6-12,21-22H2,1-5H3/b16-14+/t15-,17-,18?,19-/m1/s1. The fourth-order valence-electron chi connectivity index (χ4n) is 4.84. The SMILES string of the molecule is [B]C12CC[C@@](C)(N)[C@@H](C)[C@]1(N)CC/C2=C(/C)CCCC(C)C. The quantitative estimate of drug-likeness (QED) is 0.607. The first-order chi connectivity index (χ1) is 10.0. The molecule has 0 aromatic heterocycles. The molecular formula is C19H35BN2. The first-order valence-electron chi connectivity index (χ1n) is 9.10. The summed E-state index contributed by atoms with van der Waals surface area (Å²) >= 11 is 0. The third kappa shape index (κ3) is 2.80. The summed E-state index contributed by atoms with van der Waals surface area (Å²) in [5, 5.41) is -0.340. The van der Waals surface area contributed by atoms with Crippen LogP contribution < -0.4 is 11.5 Å². The molecule has 4 atom stereocenters. The average molecular weight is 302 g/mol. The smallest absolute Gasteiger partial charge is 0.0831 e. The lowest BCUT2D eigenvalue weighted by atomic mass is 9.45. The third-order valence-electron chi connectivity index (χ3n) is 6.83. The maximum atomic E-state index is 6.95. The molecule has 22 heavy (non-hydrogen) atoms. The van der Waals surface area contributed by atoms with Crippen molar-refractivity contribution in [2.45, 2.75) is 96.0 Å². The van der Waals surface area contributed by atoms with Gasteiger partial charge in [0, 0.05) is 11.1 Å². The van der Waals surface area contributed by atoms with Crippen LogP contribution in [0.25, 0.3) is 0 Å². The molecular weight excluding hydrogens is 267 g/mol. The zero-order valence-corrected chi connectivity index (χ0v) is 15.3. The largest absolute Gasteiger partial charge is 0.325 e. The number of fused-ring (bicyclic) bond motifs is 1. The second-order valence-electron chi connectivity index (χ2n) is 8.78. The van der Waals surface area contributed by atoms with Crippen molar-refractivity contribution in [1.29, 1.82) is 0 Å². The normalized spacial score (nSPS) is 44.3. The molecule has 2 radical (unpaired) electrons. The van der Waals surface area contributed by atoms with Gasteiger partial charge in [-0.1, -0.05) is 38.3 Å². The number of hydrogen-bond donors (Lipinski definition) is 2. The van der Waals surface area contributed by atoms with Crippen LogP contribution in [-0.4, -0.2) is 18.9 Å². The van der Waals surface area contributed by atoms with Crippen molar-refractivity contribution in [2.24, 2.45) is 23.3 Å². The van der Waals surface area contributed by atoms with E-state index in [1.807, 2.05) is 0 Å². The zero-order valence-electron chi connectivity index (χ0n) is 15.3. The molecule has 2 fully saturated rings. The van der Waals surface area contributed by atoms with E-state index in [9.17, 15) is 0 Å². The van der Waals surface area contributed by atoms with Crippen molar-refractivity contribution >= 4 is 7.85 Å². The van der Waals surface area contributed by atoms with Crippen molar-refractivity contribution in [1.82, 2.24) is 0 Å². The topological polar surface area (TPSA) is 52.0 Å². The minimum Gasteiger partial charge on any atom is -0.325 e. The first kappa shape index (κ1) is 18.1. The van der Waals surface area contributed by atoms with E-state index in [4.69, 9.17) is 19.3 Å². The van der Waals surface area contributed by atoms with Crippen LogP contribution in [0.5, 0.6) is 0 Å². The Morgan fingerprint density at radius 2 is 1.91 bits per heavy atom. The summed E-state index contributed by atoms with van der Waals surface area (Å²) in [7, 11) is 6.95. The fourth-order valence-corrected chi connectivity index (χ4v) is 4.84. The Kier molecular flexibility index (Phi) is 4.91. The van der Waals surface area contributed by atoms with Crippen molar-refractivity contribution in [3.8, 4) is 0 Å². The molecule has 0 aromatic carbocycles. The maximum absolute atomic E-state index is 6.95. The van der Waals surface area contributed by atoms with E-state index in [2.05, 4.69) is 34.6 Å². The molecule has 0 aromatic rings. The average Bonchev–Trinajstić information content (AvgIpc) is 2.69. The molecule has 0 spiro atoms. The second kappa shape index (κ2) is 5.98. The number of nitrogens with two attached hydrogens (primary N) is 2. The second-order valence-corrected chi connectivity index (χ2v) is 8.78. The van der Waals surface area contributed by atoms with Gasteiger partial charge in [-0.2, -0.15) is 0 Å². The van der Waals surface area contributed by atoms with Crippen LogP contribution in [0.2, 0.25) is 5.31 Å². The molecule has 2 aliphatic rings. The van der Waals surface area contributed by atoms with E-state index in [1.165, 1.54) is 24.0 Å². The van der Waals surface area contributed by atoms with E-state index in [0.29, 0.717) is 0 Å². The molecule has 0 heterocycles. The summed E-state index contributed by atoms with van der Waals surface area (Å²) in [4.78, 5) is 0. The van der Waals surface area contributed by atoms with E-state index in [0.717, 1.165) is 38.0 Å². The van der Waals surface area contributed by atoms with Gasteiger partial charge in [-0.05, 0) is 69.5 Å². The molecule has 0 amide bonds. The van der Waals surface area contributed by atoms with Gasteiger partial charge in [0.25, 0.3) is 0 Å². The molecule has 124 valence electrons. The van der Waals surface area contributed by atoms with Gasteiger partial charge in [-0.15, -0.1) is 0 Å².